The standard InChI is InChI=1S/C30H42N6O4S/c1-5-7-10-23(9-6-2)30(28(38)35-18-20-40-21-19-35)13-16-36(17-14-30)29-32-24-12-22-41(39)26(24)27(33-29)31-15-8-11-25(37)34(3)4/h1,6,9-10H,7-8,11-22H2,2-4H3,(H,31,32,33)/b9-6-,23-10+. The number of carbonyl (C=O) groups is 2. The summed E-state index contributed by atoms with van der Waals surface area (Å²) >= 11 is 0. The van der Waals surface area contributed by atoms with Crippen molar-refractivity contribution in [1.29, 1.82) is 0 Å². The number of anilines is 2. The zero-order valence-corrected chi connectivity index (χ0v) is 25.3. The molecule has 1 aromatic heterocycles. The lowest BCUT2D eigenvalue weighted by Gasteiger charge is -2.45. The van der Waals surface area contributed by atoms with Gasteiger partial charge in [0.2, 0.25) is 17.8 Å². The van der Waals surface area contributed by atoms with Crippen LogP contribution >= 0.6 is 0 Å². The quantitative estimate of drug-likeness (QED) is 0.255. The van der Waals surface area contributed by atoms with Crippen LogP contribution in [0.4, 0.5) is 11.8 Å². The first-order valence-electron chi connectivity index (χ1n) is 14.4. The molecule has 1 atom stereocenters. The molecule has 0 radical (unpaired) electrons. The molecule has 0 saturated carbocycles. The third-order valence-electron chi connectivity index (χ3n) is 7.98. The summed E-state index contributed by atoms with van der Waals surface area (Å²) in [6.45, 7) is 5.96. The smallest absolute Gasteiger partial charge is 0.233 e. The highest BCUT2D eigenvalue weighted by Gasteiger charge is 2.46. The van der Waals surface area contributed by atoms with Gasteiger partial charge < -0.3 is 24.8 Å². The number of amides is 2. The first-order valence-corrected chi connectivity index (χ1v) is 15.7. The minimum absolute atomic E-state index is 0.0704. The van der Waals surface area contributed by atoms with Crippen molar-refractivity contribution < 1.29 is 18.5 Å². The fourth-order valence-electron chi connectivity index (χ4n) is 5.67. The predicted molar refractivity (Wildman–Crippen MR) is 161 cm³/mol. The first kappa shape index (κ1) is 30.7. The SMILES string of the molecule is C#CC/C=C(\C=C/C)C1(C(=O)N2CCOCC2)CCN(c2nc3c(c(NCCCC(=O)N(C)C)n2)S(=O)CC3)CC1. The highest BCUT2D eigenvalue weighted by Crippen LogP contribution is 2.43. The third-order valence-corrected chi connectivity index (χ3v) is 9.44. The number of morpholine rings is 1. The Kier molecular flexibility index (Phi) is 10.6. The zero-order valence-electron chi connectivity index (χ0n) is 24.5. The molecule has 0 aromatic carbocycles. The molecule has 4 heterocycles. The number of nitrogens with one attached hydrogen (secondary N) is 1. The molecule has 0 aliphatic carbocycles. The molecule has 0 spiro atoms. The van der Waals surface area contributed by atoms with Crippen LogP contribution < -0.4 is 10.2 Å². The second kappa shape index (κ2) is 14.1. The van der Waals surface area contributed by atoms with Gasteiger partial charge in [-0.25, -0.2) is 4.98 Å². The largest absolute Gasteiger partial charge is 0.378 e. The van der Waals surface area contributed by atoms with Crippen LogP contribution in [0.2, 0.25) is 0 Å². The lowest BCUT2D eigenvalue weighted by Crippen LogP contribution is -2.53. The molecule has 2 amide bonds. The van der Waals surface area contributed by atoms with Crippen LogP contribution in [0.15, 0.2) is 28.7 Å². The number of terminal acetylenes is 1. The zero-order chi connectivity index (χ0) is 29.4. The maximum Gasteiger partial charge on any atom is 0.233 e. The number of hydrogen-bond donors (Lipinski definition) is 1. The van der Waals surface area contributed by atoms with Crippen molar-refractivity contribution in [2.75, 3.05) is 76.0 Å². The van der Waals surface area contributed by atoms with Crippen LogP contribution in [0.1, 0.15) is 44.7 Å². The summed E-state index contributed by atoms with van der Waals surface area (Å²) in [5.74, 6) is 4.59. The summed E-state index contributed by atoms with van der Waals surface area (Å²) in [6, 6.07) is 0. The Balaban J connectivity index is 1.56. The number of fused-ring (bicyclic) bond motifs is 1. The van der Waals surface area contributed by atoms with E-state index in [0.29, 0.717) is 107 Å². The Hall–Kier alpha value is -3.23. The lowest BCUT2D eigenvalue weighted by atomic mass is 9.70. The van der Waals surface area contributed by atoms with E-state index in [9.17, 15) is 13.8 Å². The van der Waals surface area contributed by atoms with Gasteiger partial charge in [-0.05, 0) is 31.8 Å². The van der Waals surface area contributed by atoms with Crippen LogP contribution in [0, 0.1) is 17.8 Å². The maximum absolute atomic E-state index is 14.1. The number of ether oxygens (including phenoxy) is 1. The molecule has 4 rings (SSSR count). The van der Waals surface area contributed by atoms with Gasteiger partial charge in [0.1, 0.15) is 10.7 Å². The van der Waals surface area contributed by atoms with E-state index in [1.54, 1.807) is 19.0 Å². The van der Waals surface area contributed by atoms with Gasteiger partial charge in [-0.3, -0.25) is 13.8 Å². The van der Waals surface area contributed by atoms with E-state index in [-0.39, 0.29) is 11.8 Å². The molecule has 2 fully saturated rings. The highest BCUT2D eigenvalue weighted by atomic mass is 32.2. The van der Waals surface area contributed by atoms with Gasteiger partial charge in [0, 0.05) is 71.8 Å². The predicted octanol–water partition coefficient (Wildman–Crippen LogP) is 2.39. The molecular weight excluding hydrogens is 540 g/mol. The molecule has 1 N–H and O–H groups in total. The van der Waals surface area contributed by atoms with Crippen molar-refractivity contribution in [3.8, 4) is 12.3 Å². The molecule has 1 aromatic rings. The van der Waals surface area contributed by atoms with Gasteiger partial charge in [-0.1, -0.05) is 18.2 Å². The van der Waals surface area contributed by atoms with Crippen molar-refractivity contribution in [2.24, 2.45) is 5.41 Å². The Morgan fingerprint density at radius 1 is 1.20 bits per heavy atom. The molecule has 2 saturated heterocycles. The Morgan fingerprint density at radius 3 is 2.59 bits per heavy atom. The Bertz CT molecular complexity index is 1240. The summed E-state index contributed by atoms with van der Waals surface area (Å²) in [5.41, 5.74) is 1.09. The lowest BCUT2D eigenvalue weighted by molar-refractivity contribution is -0.145. The number of rotatable bonds is 10. The average Bonchev–Trinajstić information content (AvgIpc) is 3.37. The van der Waals surface area contributed by atoms with Gasteiger partial charge in [-0.2, -0.15) is 4.98 Å². The molecule has 222 valence electrons. The molecule has 11 heteroatoms. The molecular formula is C30H42N6O4S. The maximum atomic E-state index is 14.1. The summed E-state index contributed by atoms with van der Waals surface area (Å²) in [4.78, 5) is 42.0. The monoisotopic (exact) mass is 582 g/mol. The van der Waals surface area contributed by atoms with E-state index in [1.165, 1.54) is 0 Å². The third kappa shape index (κ3) is 6.99. The van der Waals surface area contributed by atoms with E-state index in [4.69, 9.17) is 21.1 Å². The van der Waals surface area contributed by atoms with Crippen LogP contribution in [0.3, 0.4) is 0 Å². The average molecular weight is 583 g/mol. The molecule has 1 unspecified atom stereocenters. The molecule has 0 bridgehead atoms. The molecule has 41 heavy (non-hydrogen) atoms. The van der Waals surface area contributed by atoms with Gasteiger partial charge in [-0.15, -0.1) is 12.3 Å². The molecule has 3 aliphatic heterocycles. The fraction of sp³-hybridized carbons (Fsp3) is 0.600. The van der Waals surface area contributed by atoms with Crippen molar-refractivity contribution in [3.63, 3.8) is 0 Å². The fourth-order valence-corrected chi connectivity index (χ4v) is 7.00. The van der Waals surface area contributed by atoms with Crippen LogP contribution in [-0.4, -0.2) is 102 Å². The first-order chi connectivity index (χ1) is 19.8. The van der Waals surface area contributed by atoms with E-state index in [0.717, 1.165) is 11.3 Å². The second-order valence-electron chi connectivity index (χ2n) is 10.8. The van der Waals surface area contributed by atoms with Gasteiger partial charge in [0.05, 0.1) is 35.1 Å². The minimum Gasteiger partial charge on any atom is -0.378 e. The number of allylic oxidation sites excluding steroid dienone is 3. The van der Waals surface area contributed by atoms with E-state index >= 15 is 0 Å². The van der Waals surface area contributed by atoms with Crippen molar-refractivity contribution in [3.05, 3.63) is 29.5 Å². The van der Waals surface area contributed by atoms with E-state index in [1.807, 2.05) is 30.1 Å². The van der Waals surface area contributed by atoms with Gasteiger partial charge in [0.25, 0.3) is 0 Å². The topological polar surface area (TPSA) is 108 Å². The van der Waals surface area contributed by atoms with E-state index in [2.05, 4.69) is 16.1 Å². The molecule has 3 aliphatic rings. The second-order valence-corrected chi connectivity index (χ2v) is 12.3. The highest BCUT2D eigenvalue weighted by molar-refractivity contribution is 7.85. The van der Waals surface area contributed by atoms with Crippen LogP contribution in [-0.2, 0) is 31.5 Å². The Labute approximate surface area is 246 Å². The number of nitrogens with zero attached hydrogens (tertiary/aromatic N) is 5. The molecule has 10 nitrogen and oxygen atoms in total. The normalized spacial score (nSPS) is 20.5. The Morgan fingerprint density at radius 2 is 1.93 bits per heavy atom. The number of hydrogen-bond acceptors (Lipinski definition) is 8. The number of aromatic nitrogens is 2. The van der Waals surface area contributed by atoms with Crippen molar-refractivity contribution >= 4 is 34.4 Å². The summed E-state index contributed by atoms with van der Waals surface area (Å²) in [6.07, 6.45) is 15.0. The van der Waals surface area contributed by atoms with E-state index < -0.39 is 16.2 Å². The number of carbonyl (C=O) groups excluding carboxylic acids is 2. The van der Waals surface area contributed by atoms with Crippen molar-refractivity contribution in [1.82, 2.24) is 19.8 Å². The number of piperidine rings is 1. The van der Waals surface area contributed by atoms with Crippen LogP contribution in [0.25, 0.3) is 0 Å². The summed E-state index contributed by atoms with van der Waals surface area (Å²) < 4.78 is 18.3. The van der Waals surface area contributed by atoms with Crippen LogP contribution in [0.5, 0.6) is 0 Å². The number of aryl methyl sites for hydroxylation is 1. The summed E-state index contributed by atoms with van der Waals surface area (Å²) in [7, 11) is 2.34. The van der Waals surface area contributed by atoms with Gasteiger partial charge >= 0.3 is 0 Å². The summed E-state index contributed by atoms with van der Waals surface area (Å²) in [5, 5.41) is 3.33. The minimum atomic E-state index is -1.15. The van der Waals surface area contributed by atoms with Crippen molar-refractivity contribution in [2.45, 2.75) is 50.3 Å². The van der Waals surface area contributed by atoms with Gasteiger partial charge in [0.15, 0.2) is 0 Å².